The Hall–Kier alpha value is -1.85. The monoisotopic (exact) mass is 352 g/mol. The summed E-state index contributed by atoms with van der Waals surface area (Å²) in [6.07, 6.45) is 0.657. The lowest BCUT2D eigenvalue weighted by atomic mass is 10.0. The third-order valence-corrected chi connectivity index (χ3v) is 5.11. The molecule has 6 heteroatoms. The van der Waals surface area contributed by atoms with Gasteiger partial charge in [0.25, 0.3) is 0 Å². The van der Waals surface area contributed by atoms with Gasteiger partial charge in [0.15, 0.2) is 0 Å². The minimum atomic E-state index is -1.37. The highest BCUT2D eigenvalue weighted by Crippen LogP contribution is 2.29. The molecular weight excluding hydrogens is 336 g/mol. The van der Waals surface area contributed by atoms with E-state index in [-0.39, 0.29) is 11.3 Å². The van der Waals surface area contributed by atoms with Crippen LogP contribution in [-0.2, 0) is 23.0 Å². The maximum absolute atomic E-state index is 12.5. The van der Waals surface area contributed by atoms with Gasteiger partial charge in [-0.2, -0.15) is 0 Å². The third-order valence-electron chi connectivity index (χ3n) is 3.49. The highest BCUT2D eigenvalue weighted by Gasteiger charge is 2.21. The largest absolute Gasteiger partial charge is 0.496 e. The lowest BCUT2D eigenvalue weighted by molar-refractivity contribution is 0.0692. The number of aryl methyl sites for hydroxylation is 1. The number of carboxylic acids is 1. The standard InChI is InChI=1S/C17H17ClO4S/c1-3-11-4-5-12(15(17(19)20)16(11)22-2)10-23(21)14-8-6-13(18)7-9-14/h4-9H,3,10H2,1-2H3,(H,19,20). The van der Waals surface area contributed by atoms with Gasteiger partial charge in [-0.05, 0) is 41.8 Å². The molecule has 0 radical (unpaired) electrons. The van der Waals surface area contributed by atoms with Crippen LogP contribution in [0.15, 0.2) is 41.3 Å². The average Bonchev–Trinajstić information content (AvgIpc) is 2.54. The molecule has 0 amide bonds. The van der Waals surface area contributed by atoms with Crippen LogP contribution in [0, 0.1) is 0 Å². The molecule has 2 aromatic carbocycles. The Morgan fingerprint density at radius 1 is 1.17 bits per heavy atom. The lowest BCUT2D eigenvalue weighted by Gasteiger charge is -2.14. The smallest absolute Gasteiger partial charge is 0.339 e. The van der Waals surface area contributed by atoms with Crippen LogP contribution in [0.25, 0.3) is 0 Å². The molecule has 2 rings (SSSR count). The first-order valence-corrected chi connectivity index (χ1v) is 8.73. The number of carbonyl (C=O) groups is 1. The van der Waals surface area contributed by atoms with Crippen molar-refractivity contribution in [2.75, 3.05) is 7.11 Å². The molecule has 23 heavy (non-hydrogen) atoms. The van der Waals surface area contributed by atoms with Gasteiger partial charge in [0.1, 0.15) is 11.3 Å². The summed E-state index contributed by atoms with van der Waals surface area (Å²) >= 11 is 5.82. The number of benzene rings is 2. The Morgan fingerprint density at radius 3 is 2.30 bits per heavy atom. The highest BCUT2D eigenvalue weighted by molar-refractivity contribution is 7.84. The summed E-state index contributed by atoms with van der Waals surface area (Å²) in [4.78, 5) is 12.2. The summed E-state index contributed by atoms with van der Waals surface area (Å²) in [5.74, 6) is -0.644. The van der Waals surface area contributed by atoms with Crippen molar-refractivity contribution in [2.45, 2.75) is 24.0 Å². The third kappa shape index (κ3) is 3.92. The molecule has 0 aromatic heterocycles. The van der Waals surface area contributed by atoms with E-state index in [9.17, 15) is 14.1 Å². The molecule has 4 nitrogen and oxygen atoms in total. The van der Waals surface area contributed by atoms with E-state index >= 15 is 0 Å². The van der Waals surface area contributed by atoms with Gasteiger partial charge < -0.3 is 9.84 Å². The van der Waals surface area contributed by atoms with Crippen molar-refractivity contribution >= 4 is 28.4 Å². The molecule has 0 aliphatic rings. The molecule has 0 aliphatic carbocycles. The van der Waals surface area contributed by atoms with E-state index in [1.165, 1.54) is 7.11 Å². The molecule has 1 atom stereocenters. The normalized spacial score (nSPS) is 12.0. The molecule has 0 fully saturated rings. The molecule has 1 N–H and O–H groups in total. The van der Waals surface area contributed by atoms with Crippen molar-refractivity contribution < 1.29 is 18.8 Å². The lowest BCUT2D eigenvalue weighted by Crippen LogP contribution is -2.09. The van der Waals surface area contributed by atoms with Gasteiger partial charge in [0.2, 0.25) is 0 Å². The molecule has 0 bridgehead atoms. The minimum absolute atomic E-state index is 0.0779. The van der Waals surface area contributed by atoms with Crippen molar-refractivity contribution in [1.82, 2.24) is 0 Å². The van der Waals surface area contributed by atoms with Crippen molar-refractivity contribution in [3.05, 3.63) is 58.1 Å². The Balaban J connectivity index is 2.41. The zero-order valence-electron chi connectivity index (χ0n) is 12.8. The second-order valence-corrected chi connectivity index (χ2v) is 6.78. The summed E-state index contributed by atoms with van der Waals surface area (Å²) in [5, 5.41) is 10.1. The molecule has 0 saturated carbocycles. The molecule has 122 valence electrons. The van der Waals surface area contributed by atoms with Crippen LogP contribution in [0.4, 0.5) is 0 Å². The fraction of sp³-hybridized carbons (Fsp3) is 0.235. The van der Waals surface area contributed by atoms with Crippen LogP contribution in [0.3, 0.4) is 0 Å². The van der Waals surface area contributed by atoms with Gasteiger partial charge >= 0.3 is 5.97 Å². The first kappa shape index (κ1) is 17.5. The maximum Gasteiger partial charge on any atom is 0.339 e. The zero-order valence-corrected chi connectivity index (χ0v) is 14.4. The number of methoxy groups -OCH3 is 1. The van der Waals surface area contributed by atoms with Crippen LogP contribution in [-0.4, -0.2) is 22.4 Å². The van der Waals surface area contributed by atoms with Gasteiger partial charge in [0, 0.05) is 9.92 Å². The number of hydrogen-bond acceptors (Lipinski definition) is 3. The second kappa shape index (κ2) is 7.62. The van der Waals surface area contributed by atoms with Crippen LogP contribution in [0.2, 0.25) is 5.02 Å². The van der Waals surface area contributed by atoms with Gasteiger partial charge in [0.05, 0.1) is 23.7 Å². The number of ether oxygens (including phenoxy) is 1. The SMILES string of the molecule is CCc1ccc(CS(=O)c2ccc(Cl)cc2)c(C(=O)O)c1OC. The average molecular weight is 353 g/mol. The van der Waals surface area contributed by atoms with Gasteiger partial charge in [-0.3, -0.25) is 4.21 Å². The van der Waals surface area contributed by atoms with Gasteiger partial charge in [-0.25, -0.2) is 4.79 Å². The van der Waals surface area contributed by atoms with Crippen molar-refractivity contribution in [3.63, 3.8) is 0 Å². The Bertz CT molecular complexity index is 741. The molecule has 1 unspecified atom stereocenters. The summed E-state index contributed by atoms with van der Waals surface area (Å²) in [6.45, 7) is 1.93. The predicted molar refractivity (Wildman–Crippen MR) is 90.9 cm³/mol. The van der Waals surface area contributed by atoms with E-state index in [1.54, 1.807) is 30.3 Å². The number of halogens is 1. The van der Waals surface area contributed by atoms with E-state index in [0.717, 1.165) is 5.56 Å². The molecule has 0 saturated heterocycles. The first-order valence-electron chi connectivity index (χ1n) is 7.03. The maximum atomic E-state index is 12.5. The minimum Gasteiger partial charge on any atom is -0.496 e. The Labute approximate surface area is 142 Å². The van der Waals surface area contributed by atoms with Crippen LogP contribution < -0.4 is 4.74 Å². The van der Waals surface area contributed by atoms with E-state index < -0.39 is 16.8 Å². The van der Waals surface area contributed by atoms with Crippen molar-refractivity contribution in [3.8, 4) is 5.75 Å². The van der Waals surface area contributed by atoms with Crippen LogP contribution in [0.5, 0.6) is 5.75 Å². The molecule has 0 heterocycles. The van der Waals surface area contributed by atoms with E-state index in [1.807, 2.05) is 13.0 Å². The Morgan fingerprint density at radius 2 is 1.78 bits per heavy atom. The molecule has 0 aliphatic heterocycles. The van der Waals surface area contributed by atoms with Crippen molar-refractivity contribution in [2.24, 2.45) is 0 Å². The van der Waals surface area contributed by atoms with Gasteiger partial charge in [-0.1, -0.05) is 30.7 Å². The predicted octanol–water partition coefficient (Wildman–Crippen LogP) is 3.92. The number of carboxylic acid groups (broad SMARTS) is 1. The fourth-order valence-electron chi connectivity index (χ4n) is 2.34. The van der Waals surface area contributed by atoms with Crippen LogP contribution >= 0.6 is 11.6 Å². The molecular formula is C17H17ClO4S. The van der Waals surface area contributed by atoms with Crippen molar-refractivity contribution in [1.29, 1.82) is 0 Å². The summed E-state index contributed by atoms with van der Waals surface area (Å²) in [5.41, 5.74) is 1.37. The molecule has 2 aromatic rings. The fourth-order valence-corrected chi connectivity index (χ4v) is 3.60. The topological polar surface area (TPSA) is 63.6 Å². The summed E-state index contributed by atoms with van der Waals surface area (Å²) in [7, 11) is 0.0795. The first-order chi connectivity index (χ1) is 11.0. The highest BCUT2D eigenvalue weighted by atomic mass is 35.5. The Kier molecular flexibility index (Phi) is 5.80. The number of aromatic carboxylic acids is 1. The van der Waals surface area contributed by atoms with E-state index in [2.05, 4.69) is 0 Å². The number of hydrogen-bond donors (Lipinski definition) is 1. The van der Waals surface area contributed by atoms with E-state index in [4.69, 9.17) is 16.3 Å². The molecule has 0 spiro atoms. The zero-order chi connectivity index (χ0) is 17.0. The summed E-state index contributed by atoms with van der Waals surface area (Å²) in [6, 6.07) is 10.2. The number of rotatable bonds is 6. The van der Waals surface area contributed by atoms with Crippen LogP contribution in [0.1, 0.15) is 28.4 Å². The second-order valence-electron chi connectivity index (χ2n) is 4.89. The van der Waals surface area contributed by atoms with E-state index in [0.29, 0.717) is 27.7 Å². The van der Waals surface area contributed by atoms with Gasteiger partial charge in [-0.15, -0.1) is 0 Å². The summed E-state index contributed by atoms with van der Waals surface area (Å²) < 4.78 is 17.8. The quantitative estimate of drug-likeness (QED) is 0.855.